The molecule has 0 aliphatic heterocycles. The van der Waals surface area contributed by atoms with Crippen LogP contribution in [0, 0.1) is 12.8 Å². The Morgan fingerprint density at radius 1 is 1.35 bits per heavy atom. The fourth-order valence-corrected chi connectivity index (χ4v) is 2.91. The fraction of sp³-hybridized carbons (Fsp3) is 0.600. The van der Waals surface area contributed by atoms with Crippen molar-refractivity contribution in [2.45, 2.75) is 37.3 Å². The molecule has 0 saturated heterocycles. The summed E-state index contributed by atoms with van der Waals surface area (Å²) in [6.07, 6.45) is 0.853. The fourth-order valence-electron chi connectivity index (χ4n) is 1.26. The summed E-state index contributed by atoms with van der Waals surface area (Å²) >= 11 is 3.15. The van der Waals surface area contributed by atoms with Crippen LogP contribution in [0.1, 0.15) is 30.6 Å². The molecule has 2 aromatic heterocycles. The average molecular weight is 270 g/mol. The van der Waals surface area contributed by atoms with Gasteiger partial charge in [0.25, 0.3) is 0 Å². The summed E-state index contributed by atoms with van der Waals surface area (Å²) in [5.41, 5.74) is 0. The SMILES string of the molecule is Cc1nnc(SCc2nc(CC(C)C)no2)s1. The van der Waals surface area contributed by atoms with Crippen molar-refractivity contribution < 1.29 is 4.52 Å². The van der Waals surface area contributed by atoms with Gasteiger partial charge < -0.3 is 4.52 Å². The molecule has 0 aliphatic carbocycles. The number of rotatable bonds is 5. The number of thioether (sulfide) groups is 1. The highest BCUT2D eigenvalue weighted by molar-refractivity contribution is 8.00. The Balaban J connectivity index is 1.89. The number of hydrogen-bond donors (Lipinski definition) is 0. The molecule has 0 aliphatic rings. The molecule has 0 N–H and O–H groups in total. The molecule has 2 aromatic rings. The molecule has 7 heteroatoms. The van der Waals surface area contributed by atoms with Crippen molar-refractivity contribution in [3.05, 3.63) is 16.7 Å². The summed E-state index contributed by atoms with van der Waals surface area (Å²) in [6, 6.07) is 0. The second-order valence-electron chi connectivity index (χ2n) is 4.08. The molecule has 92 valence electrons. The summed E-state index contributed by atoms with van der Waals surface area (Å²) in [5.74, 6) is 2.63. The molecule has 0 unspecified atom stereocenters. The zero-order chi connectivity index (χ0) is 12.3. The van der Waals surface area contributed by atoms with Gasteiger partial charge in [-0.2, -0.15) is 4.98 Å². The molecular weight excluding hydrogens is 256 g/mol. The number of hydrogen-bond acceptors (Lipinski definition) is 7. The van der Waals surface area contributed by atoms with Crippen LogP contribution in [0.3, 0.4) is 0 Å². The van der Waals surface area contributed by atoms with E-state index in [9.17, 15) is 0 Å². The molecule has 0 radical (unpaired) electrons. The third-order valence-corrected chi connectivity index (χ3v) is 3.88. The third-order valence-electron chi connectivity index (χ3n) is 1.93. The Bertz CT molecular complexity index is 480. The van der Waals surface area contributed by atoms with Crippen LogP contribution >= 0.6 is 23.1 Å². The van der Waals surface area contributed by atoms with Crippen LogP contribution in [0.4, 0.5) is 0 Å². The zero-order valence-corrected chi connectivity index (χ0v) is 11.6. The lowest BCUT2D eigenvalue weighted by Gasteiger charge is -1.95. The van der Waals surface area contributed by atoms with Crippen molar-refractivity contribution in [3.8, 4) is 0 Å². The Labute approximate surface area is 108 Å². The van der Waals surface area contributed by atoms with Crippen LogP contribution in [0.5, 0.6) is 0 Å². The molecular formula is C10H14N4OS2. The maximum Gasteiger partial charge on any atom is 0.237 e. The molecule has 2 heterocycles. The van der Waals surface area contributed by atoms with Gasteiger partial charge >= 0.3 is 0 Å². The molecule has 2 rings (SSSR count). The topological polar surface area (TPSA) is 64.7 Å². The first-order valence-corrected chi connectivity index (χ1v) is 7.18. The van der Waals surface area contributed by atoms with Crippen LogP contribution in [0.25, 0.3) is 0 Å². The van der Waals surface area contributed by atoms with Gasteiger partial charge in [-0.1, -0.05) is 42.1 Å². The Kier molecular flexibility index (Phi) is 4.11. The second-order valence-corrected chi connectivity index (χ2v) is 6.48. The first-order chi connectivity index (χ1) is 8.13. The van der Waals surface area contributed by atoms with E-state index in [4.69, 9.17) is 4.52 Å². The van der Waals surface area contributed by atoms with Gasteiger partial charge in [-0.05, 0) is 12.8 Å². The van der Waals surface area contributed by atoms with Crippen LogP contribution in [-0.2, 0) is 12.2 Å². The molecule has 0 fully saturated rings. The van der Waals surface area contributed by atoms with Crippen molar-refractivity contribution in [1.29, 1.82) is 0 Å². The van der Waals surface area contributed by atoms with Gasteiger partial charge in [0.15, 0.2) is 10.2 Å². The minimum absolute atomic E-state index is 0.541. The highest BCUT2D eigenvalue weighted by atomic mass is 32.2. The van der Waals surface area contributed by atoms with Crippen molar-refractivity contribution in [2.75, 3.05) is 0 Å². The second kappa shape index (κ2) is 5.59. The van der Waals surface area contributed by atoms with E-state index in [2.05, 4.69) is 34.2 Å². The quantitative estimate of drug-likeness (QED) is 0.778. The predicted molar refractivity (Wildman–Crippen MR) is 67.0 cm³/mol. The number of nitrogens with zero attached hydrogens (tertiary/aromatic N) is 4. The molecule has 17 heavy (non-hydrogen) atoms. The van der Waals surface area contributed by atoms with Crippen molar-refractivity contribution in [2.24, 2.45) is 5.92 Å². The standard InChI is InChI=1S/C10H14N4OS2/c1-6(2)4-8-11-9(15-14-8)5-16-10-13-12-7(3)17-10/h6H,4-5H2,1-3H3. The lowest BCUT2D eigenvalue weighted by Crippen LogP contribution is -1.96. The third kappa shape index (κ3) is 3.78. The van der Waals surface area contributed by atoms with E-state index < -0.39 is 0 Å². The lowest BCUT2D eigenvalue weighted by molar-refractivity contribution is 0.382. The molecule has 0 bridgehead atoms. The highest BCUT2D eigenvalue weighted by Gasteiger charge is 2.09. The normalized spacial score (nSPS) is 11.3. The van der Waals surface area contributed by atoms with E-state index in [0.717, 1.165) is 21.6 Å². The monoisotopic (exact) mass is 270 g/mol. The van der Waals surface area contributed by atoms with Gasteiger partial charge in [0.1, 0.15) is 5.01 Å². The summed E-state index contributed by atoms with van der Waals surface area (Å²) in [5, 5.41) is 12.9. The molecule has 0 atom stereocenters. The van der Waals surface area contributed by atoms with Gasteiger partial charge in [-0.3, -0.25) is 0 Å². The minimum atomic E-state index is 0.541. The summed E-state index contributed by atoms with van der Waals surface area (Å²) in [4.78, 5) is 4.33. The van der Waals surface area contributed by atoms with Gasteiger partial charge in [0.05, 0.1) is 5.75 Å². The minimum Gasteiger partial charge on any atom is -0.338 e. The number of aromatic nitrogens is 4. The Hall–Kier alpha value is -0.950. The van der Waals surface area contributed by atoms with E-state index >= 15 is 0 Å². The summed E-state index contributed by atoms with van der Waals surface area (Å²) in [6.45, 7) is 6.21. The Morgan fingerprint density at radius 3 is 2.82 bits per heavy atom. The Morgan fingerprint density at radius 2 is 2.18 bits per heavy atom. The molecule has 0 spiro atoms. The molecule has 0 saturated carbocycles. The largest absolute Gasteiger partial charge is 0.338 e. The predicted octanol–water partition coefficient (Wildman–Crippen LogP) is 2.72. The van der Waals surface area contributed by atoms with Crippen molar-refractivity contribution in [3.63, 3.8) is 0 Å². The summed E-state index contributed by atoms with van der Waals surface area (Å²) in [7, 11) is 0. The maximum absolute atomic E-state index is 5.17. The first kappa shape index (κ1) is 12.5. The maximum atomic E-state index is 5.17. The lowest BCUT2D eigenvalue weighted by atomic mass is 10.1. The van der Waals surface area contributed by atoms with Crippen molar-refractivity contribution >= 4 is 23.1 Å². The van der Waals surface area contributed by atoms with E-state index in [1.54, 1.807) is 23.1 Å². The molecule has 5 nitrogen and oxygen atoms in total. The van der Waals surface area contributed by atoms with E-state index in [-0.39, 0.29) is 0 Å². The molecule has 0 amide bonds. The average Bonchev–Trinajstić information content (AvgIpc) is 2.84. The van der Waals surface area contributed by atoms with Crippen LogP contribution in [0.15, 0.2) is 8.86 Å². The molecule has 0 aromatic carbocycles. The zero-order valence-electron chi connectivity index (χ0n) is 10.0. The van der Waals surface area contributed by atoms with Crippen LogP contribution in [-0.4, -0.2) is 20.3 Å². The number of aryl methyl sites for hydroxylation is 1. The van der Waals surface area contributed by atoms with Crippen molar-refractivity contribution in [1.82, 2.24) is 20.3 Å². The van der Waals surface area contributed by atoms with Crippen LogP contribution < -0.4 is 0 Å². The van der Waals surface area contributed by atoms with Crippen LogP contribution in [0.2, 0.25) is 0 Å². The van der Waals surface area contributed by atoms with E-state index in [1.165, 1.54) is 0 Å². The van der Waals surface area contributed by atoms with Gasteiger partial charge in [0, 0.05) is 6.42 Å². The highest BCUT2D eigenvalue weighted by Crippen LogP contribution is 2.24. The summed E-state index contributed by atoms with van der Waals surface area (Å²) < 4.78 is 6.10. The van der Waals surface area contributed by atoms with Gasteiger partial charge in [0.2, 0.25) is 5.89 Å². The van der Waals surface area contributed by atoms with E-state index in [1.807, 2.05) is 6.92 Å². The smallest absolute Gasteiger partial charge is 0.237 e. The van der Waals surface area contributed by atoms with Gasteiger partial charge in [-0.25, -0.2) is 0 Å². The van der Waals surface area contributed by atoms with Gasteiger partial charge in [-0.15, -0.1) is 10.2 Å². The first-order valence-electron chi connectivity index (χ1n) is 5.38. The van der Waals surface area contributed by atoms with E-state index in [0.29, 0.717) is 17.6 Å².